The Morgan fingerprint density at radius 1 is 1.41 bits per heavy atom. The first-order chi connectivity index (χ1) is 7.61. The van der Waals surface area contributed by atoms with Gasteiger partial charge >= 0.3 is 0 Å². The van der Waals surface area contributed by atoms with Crippen LogP contribution in [-0.2, 0) is 11.2 Å². The van der Waals surface area contributed by atoms with Gasteiger partial charge in [0.25, 0.3) is 0 Å². The quantitative estimate of drug-likeness (QED) is 0.874. The van der Waals surface area contributed by atoms with Crippen LogP contribution in [0.5, 0.6) is 0 Å². The first-order valence-electron chi connectivity index (χ1n) is 5.35. The van der Waals surface area contributed by atoms with Gasteiger partial charge in [-0.05, 0) is 37.5 Å². The number of halogens is 2. The summed E-state index contributed by atoms with van der Waals surface area (Å²) >= 11 is 3.40. The summed E-state index contributed by atoms with van der Waals surface area (Å²) in [6.45, 7) is 2.05. The summed E-state index contributed by atoms with van der Waals surface area (Å²) in [5.41, 5.74) is 6.50. The molecule has 3 N–H and O–H groups in total. The van der Waals surface area contributed by atoms with Crippen molar-refractivity contribution in [3.63, 3.8) is 0 Å². The molecule has 0 bridgehead atoms. The van der Waals surface area contributed by atoms with Crippen LogP contribution in [-0.4, -0.2) is 18.5 Å². The molecule has 0 radical (unpaired) electrons. The predicted octanol–water partition coefficient (Wildman–Crippen LogP) is 2.27. The van der Waals surface area contributed by atoms with Crippen molar-refractivity contribution in [3.05, 3.63) is 34.3 Å². The van der Waals surface area contributed by atoms with E-state index in [2.05, 4.69) is 33.4 Å². The average molecular weight is 322 g/mol. The molecule has 0 fully saturated rings. The SMILES string of the molecule is CC(CCc1ccc(Br)cc1)NC(=O)CN.Cl. The van der Waals surface area contributed by atoms with Crippen LogP contribution in [0, 0.1) is 0 Å². The molecular formula is C12H18BrClN2O. The van der Waals surface area contributed by atoms with E-state index in [1.54, 1.807) is 0 Å². The minimum atomic E-state index is -0.0942. The average Bonchev–Trinajstić information content (AvgIpc) is 2.28. The van der Waals surface area contributed by atoms with Crippen LogP contribution >= 0.6 is 28.3 Å². The molecule has 0 saturated carbocycles. The predicted molar refractivity (Wildman–Crippen MR) is 76.4 cm³/mol. The number of aryl methyl sites for hydroxylation is 1. The molecule has 0 aromatic heterocycles. The summed E-state index contributed by atoms with van der Waals surface area (Å²) < 4.78 is 1.08. The van der Waals surface area contributed by atoms with E-state index in [-0.39, 0.29) is 30.9 Å². The lowest BCUT2D eigenvalue weighted by atomic mass is 10.1. The maximum Gasteiger partial charge on any atom is 0.233 e. The highest BCUT2D eigenvalue weighted by Gasteiger charge is 2.05. The Morgan fingerprint density at radius 3 is 2.53 bits per heavy atom. The number of amides is 1. The zero-order valence-corrected chi connectivity index (χ0v) is 12.2. The molecule has 1 aromatic carbocycles. The van der Waals surface area contributed by atoms with E-state index < -0.39 is 0 Å². The molecule has 1 aromatic rings. The molecule has 0 heterocycles. The summed E-state index contributed by atoms with van der Waals surface area (Å²) in [6.07, 6.45) is 1.88. The Balaban J connectivity index is 0.00000256. The molecule has 5 heteroatoms. The Labute approximate surface area is 117 Å². The minimum Gasteiger partial charge on any atom is -0.353 e. The molecule has 96 valence electrons. The molecule has 1 unspecified atom stereocenters. The van der Waals surface area contributed by atoms with E-state index in [1.807, 2.05) is 19.1 Å². The molecule has 1 rings (SSSR count). The Kier molecular flexibility index (Phi) is 8.21. The minimum absolute atomic E-state index is 0. The van der Waals surface area contributed by atoms with Gasteiger partial charge in [0.15, 0.2) is 0 Å². The number of benzene rings is 1. The number of nitrogens with two attached hydrogens (primary N) is 1. The lowest BCUT2D eigenvalue weighted by Crippen LogP contribution is -2.37. The second-order valence-electron chi connectivity index (χ2n) is 3.84. The number of nitrogens with one attached hydrogen (secondary N) is 1. The molecular weight excluding hydrogens is 304 g/mol. The molecule has 3 nitrogen and oxygen atoms in total. The van der Waals surface area contributed by atoms with Crippen molar-refractivity contribution in [2.75, 3.05) is 6.54 Å². The van der Waals surface area contributed by atoms with Crippen molar-refractivity contribution < 1.29 is 4.79 Å². The zero-order valence-electron chi connectivity index (χ0n) is 9.78. The Hall–Kier alpha value is -0.580. The van der Waals surface area contributed by atoms with Crippen molar-refractivity contribution >= 4 is 34.2 Å². The van der Waals surface area contributed by atoms with Gasteiger partial charge in [-0.2, -0.15) is 0 Å². The highest BCUT2D eigenvalue weighted by molar-refractivity contribution is 9.10. The smallest absolute Gasteiger partial charge is 0.233 e. The molecule has 0 saturated heterocycles. The third-order valence-corrected chi connectivity index (χ3v) is 2.90. The van der Waals surface area contributed by atoms with Gasteiger partial charge in [-0.25, -0.2) is 0 Å². The number of hydrogen-bond acceptors (Lipinski definition) is 2. The van der Waals surface area contributed by atoms with E-state index in [4.69, 9.17) is 5.73 Å². The normalized spacial score (nSPS) is 11.5. The molecule has 0 aliphatic heterocycles. The largest absolute Gasteiger partial charge is 0.353 e. The van der Waals surface area contributed by atoms with Crippen LogP contribution in [0.1, 0.15) is 18.9 Å². The van der Waals surface area contributed by atoms with Gasteiger partial charge in [0, 0.05) is 10.5 Å². The van der Waals surface area contributed by atoms with E-state index in [0.717, 1.165) is 17.3 Å². The highest BCUT2D eigenvalue weighted by Crippen LogP contribution is 2.12. The van der Waals surface area contributed by atoms with Gasteiger partial charge in [-0.1, -0.05) is 28.1 Å². The van der Waals surface area contributed by atoms with Gasteiger partial charge in [0.05, 0.1) is 6.54 Å². The third kappa shape index (κ3) is 6.66. The summed E-state index contributed by atoms with van der Waals surface area (Å²) in [5.74, 6) is -0.0942. The zero-order chi connectivity index (χ0) is 12.0. The molecule has 1 atom stereocenters. The van der Waals surface area contributed by atoms with Gasteiger partial charge in [-0.15, -0.1) is 12.4 Å². The number of carbonyl (C=O) groups excluding carboxylic acids is 1. The molecule has 0 spiro atoms. The van der Waals surface area contributed by atoms with Crippen LogP contribution in [0.25, 0.3) is 0 Å². The second kappa shape index (κ2) is 8.50. The highest BCUT2D eigenvalue weighted by atomic mass is 79.9. The fraction of sp³-hybridized carbons (Fsp3) is 0.417. The van der Waals surface area contributed by atoms with Crippen molar-refractivity contribution in [2.45, 2.75) is 25.8 Å². The van der Waals surface area contributed by atoms with Gasteiger partial charge in [-0.3, -0.25) is 4.79 Å². The van der Waals surface area contributed by atoms with E-state index in [9.17, 15) is 4.79 Å². The van der Waals surface area contributed by atoms with Crippen LogP contribution < -0.4 is 11.1 Å². The fourth-order valence-electron chi connectivity index (χ4n) is 1.44. The van der Waals surface area contributed by atoms with E-state index in [0.29, 0.717) is 0 Å². The van der Waals surface area contributed by atoms with Gasteiger partial charge in [0.2, 0.25) is 5.91 Å². The Morgan fingerprint density at radius 2 is 2.00 bits per heavy atom. The topological polar surface area (TPSA) is 55.1 Å². The molecule has 0 aliphatic carbocycles. The van der Waals surface area contributed by atoms with Crippen molar-refractivity contribution in [1.29, 1.82) is 0 Å². The first-order valence-corrected chi connectivity index (χ1v) is 6.15. The lowest BCUT2D eigenvalue weighted by Gasteiger charge is -2.12. The monoisotopic (exact) mass is 320 g/mol. The van der Waals surface area contributed by atoms with Gasteiger partial charge in [0.1, 0.15) is 0 Å². The standard InChI is InChI=1S/C12H17BrN2O.ClH/c1-9(15-12(16)8-14)2-3-10-4-6-11(13)7-5-10;/h4-7,9H,2-3,8,14H2,1H3,(H,15,16);1H. The maximum atomic E-state index is 11.0. The summed E-state index contributed by atoms with van der Waals surface area (Å²) in [7, 11) is 0. The summed E-state index contributed by atoms with van der Waals surface area (Å²) in [5, 5.41) is 2.84. The van der Waals surface area contributed by atoms with Crippen LogP contribution in [0.4, 0.5) is 0 Å². The number of carbonyl (C=O) groups is 1. The number of hydrogen-bond donors (Lipinski definition) is 2. The van der Waals surface area contributed by atoms with Gasteiger partial charge < -0.3 is 11.1 Å². The van der Waals surface area contributed by atoms with Crippen molar-refractivity contribution in [2.24, 2.45) is 5.73 Å². The van der Waals surface area contributed by atoms with E-state index >= 15 is 0 Å². The molecule has 0 aliphatic rings. The third-order valence-electron chi connectivity index (χ3n) is 2.37. The molecule has 1 amide bonds. The number of rotatable bonds is 5. The van der Waals surface area contributed by atoms with Crippen LogP contribution in [0.15, 0.2) is 28.7 Å². The van der Waals surface area contributed by atoms with E-state index in [1.165, 1.54) is 5.56 Å². The lowest BCUT2D eigenvalue weighted by molar-refractivity contribution is -0.120. The van der Waals surface area contributed by atoms with Crippen LogP contribution in [0.3, 0.4) is 0 Å². The maximum absolute atomic E-state index is 11.0. The first kappa shape index (κ1) is 16.4. The van der Waals surface area contributed by atoms with Crippen LogP contribution in [0.2, 0.25) is 0 Å². The second-order valence-corrected chi connectivity index (χ2v) is 4.75. The summed E-state index contributed by atoms with van der Waals surface area (Å²) in [6, 6.07) is 8.39. The fourth-order valence-corrected chi connectivity index (χ4v) is 1.70. The summed E-state index contributed by atoms with van der Waals surface area (Å²) in [4.78, 5) is 11.0. The van der Waals surface area contributed by atoms with Crippen molar-refractivity contribution in [1.82, 2.24) is 5.32 Å². The van der Waals surface area contributed by atoms with Crippen molar-refractivity contribution in [3.8, 4) is 0 Å². The molecule has 17 heavy (non-hydrogen) atoms. The Bertz CT molecular complexity index is 343.